The van der Waals surface area contributed by atoms with E-state index >= 15 is 0 Å². The Hall–Kier alpha value is -1.59. The summed E-state index contributed by atoms with van der Waals surface area (Å²) in [5, 5.41) is 8.64. The van der Waals surface area contributed by atoms with Gasteiger partial charge in [0.05, 0.1) is 13.5 Å². The summed E-state index contributed by atoms with van der Waals surface area (Å²) >= 11 is 0. The van der Waals surface area contributed by atoms with Crippen molar-refractivity contribution in [3.8, 4) is 5.75 Å². The molecule has 0 aliphatic carbocycles. The fraction of sp³-hybridized carbons (Fsp3) is 0.462. The van der Waals surface area contributed by atoms with Gasteiger partial charge in [-0.25, -0.2) is 0 Å². The summed E-state index contributed by atoms with van der Waals surface area (Å²) in [7, 11) is 3.55. The van der Waals surface area contributed by atoms with E-state index in [0.29, 0.717) is 13.1 Å². The van der Waals surface area contributed by atoms with Gasteiger partial charge in [0.1, 0.15) is 5.75 Å². The lowest BCUT2D eigenvalue weighted by Gasteiger charge is -2.20. The van der Waals surface area contributed by atoms with Crippen molar-refractivity contribution in [2.24, 2.45) is 5.73 Å². The molecule has 5 nitrogen and oxygen atoms in total. The van der Waals surface area contributed by atoms with Crippen molar-refractivity contribution in [1.82, 2.24) is 4.90 Å². The lowest BCUT2D eigenvalue weighted by molar-refractivity contribution is -0.137. The van der Waals surface area contributed by atoms with Crippen LogP contribution in [0, 0.1) is 0 Å². The highest BCUT2D eigenvalue weighted by molar-refractivity contribution is 5.67. The van der Waals surface area contributed by atoms with Crippen LogP contribution in [-0.2, 0) is 11.3 Å². The molecule has 0 saturated carbocycles. The summed E-state index contributed by atoms with van der Waals surface area (Å²) in [5.41, 5.74) is 6.85. The molecule has 5 heteroatoms. The van der Waals surface area contributed by atoms with Crippen LogP contribution in [0.3, 0.4) is 0 Å². The van der Waals surface area contributed by atoms with Gasteiger partial charge < -0.3 is 20.5 Å². The Balaban J connectivity index is 2.48. The number of nitrogens with two attached hydrogens (primary N) is 1. The molecular weight excluding hydrogens is 232 g/mol. The molecule has 18 heavy (non-hydrogen) atoms. The van der Waals surface area contributed by atoms with E-state index in [4.69, 9.17) is 15.6 Å². The van der Waals surface area contributed by atoms with Crippen LogP contribution in [-0.4, -0.2) is 42.7 Å². The first kappa shape index (κ1) is 14.5. The van der Waals surface area contributed by atoms with E-state index < -0.39 is 5.97 Å². The molecule has 100 valence electrons. The molecule has 0 aliphatic heterocycles. The number of benzene rings is 1. The second-order valence-corrected chi connectivity index (χ2v) is 4.41. The molecule has 0 spiro atoms. The highest BCUT2D eigenvalue weighted by Gasteiger charge is 2.11. The largest absolute Gasteiger partial charge is 0.497 e. The van der Waals surface area contributed by atoms with Gasteiger partial charge in [-0.2, -0.15) is 0 Å². The van der Waals surface area contributed by atoms with Crippen molar-refractivity contribution in [3.63, 3.8) is 0 Å². The van der Waals surface area contributed by atoms with Crippen LogP contribution >= 0.6 is 0 Å². The maximum atomic E-state index is 10.5. The summed E-state index contributed by atoms with van der Waals surface area (Å²) < 4.78 is 5.15. The number of carbonyl (C=O) groups is 1. The molecule has 0 amide bonds. The van der Waals surface area contributed by atoms with Gasteiger partial charge in [-0.3, -0.25) is 4.79 Å². The third-order valence-electron chi connectivity index (χ3n) is 2.57. The fourth-order valence-electron chi connectivity index (χ4n) is 1.84. The summed E-state index contributed by atoms with van der Waals surface area (Å²) in [6.07, 6.45) is -0.0115. The first-order chi connectivity index (χ1) is 8.51. The molecule has 0 heterocycles. The Morgan fingerprint density at radius 1 is 1.56 bits per heavy atom. The van der Waals surface area contributed by atoms with Crippen molar-refractivity contribution in [1.29, 1.82) is 0 Å². The Kier molecular flexibility index (Phi) is 5.61. The molecule has 1 unspecified atom stereocenters. The third-order valence-corrected chi connectivity index (χ3v) is 2.57. The van der Waals surface area contributed by atoms with E-state index in [1.165, 1.54) is 0 Å². The van der Waals surface area contributed by atoms with Gasteiger partial charge in [0, 0.05) is 19.1 Å². The second-order valence-electron chi connectivity index (χ2n) is 4.41. The minimum atomic E-state index is -0.864. The smallest absolute Gasteiger partial charge is 0.304 e. The number of likely N-dealkylation sites (N-methyl/N-ethyl adjacent to an activating group) is 1. The Labute approximate surface area is 107 Å². The highest BCUT2D eigenvalue weighted by atomic mass is 16.5. The molecule has 1 aromatic rings. The number of carboxylic acid groups (broad SMARTS) is 1. The van der Waals surface area contributed by atoms with Crippen molar-refractivity contribution in [3.05, 3.63) is 29.8 Å². The second kappa shape index (κ2) is 6.98. The fourth-order valence-corrected chi connectivity index (χ4v) is 1.84. The van der Waals surface area contributed by atoms with E-state index in [2.05, 4.69) is 0 Å². The van der Waals surface area contributed by atoms with E-state index in [1.807, 2.05) is 36.2 Å². The SMILES string of the molecule is COc1cccc(CN(C)CC(N)CC(=O)O)c1. The lowest BCUT2D eigenvalue weighted by atomic mass is 10.1. The van der Waals surface area contributed by atoms with Crippen molar-refractivity contribution >= 4 is 5.97 Å². The Bertz CT molecular complexity index is 396. The van der Waals surface area contributed by atoms with Gasteiger partial charge in [0.2, 0.25) is 0 Å². The quantitative estimate of drug-likeness (QED) is 0.755. The molecular formula is C13H20N2O3. The van der Waals surface area contributed by atoms with Gasteiger partial charge in [-0.1, -0.05) is 12.1 Å². The molecule has 0 bridgehead atoms. The zero-order chi connectivity index (χ0) is 13.5. The summed E-state index contributed by atoms with van der Waals surface area (Å²) in [5.74, 6) is -0.0481. The highest BCUT2D eigenvalue weighted by Crippen LogP contribution is 2.13. The van der Waals surface area contributed by atoms with E-state index in [0.717, 1.165) is 11.3 Å². The standard InChI is InChI=1S/C13H20N2O3/c1-15(9-11(14)7-13(16)17)8-10-4-3-5-12(6-10)18-2/h3-6,11H,7-9,14H2,1-2H3,(H,16,17). The molecule has 1 atom stereocenters. The van der Waals surface area contributed by atoms with E-state index in [1.54, 1.807) is 7.11 Å². The number of hydrogen-bond acceptors (Lipinski definition) is 4. The van der Waals surface area contributed by atoms with Crippen LogP contribution in [0.4, 0.5) is 0 Å². The molecule has 0 saturated heterocycles. The molecule has 1 rings (SSSR count). The van der Waals surface area contributed by atoms with E-state index in [9.17, 15) is 4.79 Å². The predicted octanol–water partition coefficient (Wildman–Crippen LogP) is 0.929. The van der Waals surface area contributed by atoms with Crippen molar-refractivity contribution < 1.29 is 14.6 Å². The summed E-state index contributed by atoms with van der Waals surface area (Å²) in [4.78, 5) is 12.5. The van der Waals surface area contributed by atoms with Gasteiger partial charge in [0.15, 0.2) is 0 Å². The first-order valence-corrected chi connectivity index (χ1v) is 5.80. The van der Waals surface area contributed by atoms with Gasteiger partial charge in [-0.05, 0) is 24.7 Å². The number of aliphatic carboxylic acids is 1. The normalized spacial score (nSPS) is 12.4. The summed E-state index contributed by atoms with van der Waals surface area (Å²) in [6, 6.07) is 7.43. The predicted molar refractivity (Wildman–Crippen MR) is 69.6 cm³/mol. The minimum Gasteiger partial charge on any atom is -0.497 e. The third kappa shape index (κ3) is 5.16. The monoisotopic (exact) mass is 252 g/mol. The zero-order valence-electron chi connectivity index (χ0n) is 10.8. The Morgan fingerprint density at radius 2 is 2.28 bits per heavy atom. The number of hydrogen-bond donors (Lipinski definition) is 2. The molecule has 1 aromatic carbocycles. The maximum Gasteiger partial charge on any atom is 0.304 e. The topological polar surface area (TPSA) is 75.8 Å². The number of nitrogens with zero attached hydrogens (tertiary/aromatic N) is 1. The minimum absolute atomic E-state index is 0.0115. The van der Waals surface area contributed by atoms with Crippen LogP contribution in [0.15, 0.2) is 24.3 Å². The van der Waals surface area contributed by atoms with Crippen molar-refractivity contribution in [2.45, 2.75) is 19.0 Å². The van der Waals surface area contributed by atoms with Crippen LogP contribution in [0.1, 0.15) is 12.0 Å². The van der Waals surface area contributed by atoms with Crippen molar-refractivity contribution in [2.75, 3.05) is 20.7 Å². The number of methoxy groups -OCH3 is 1. The van der Waals surface area contributed by atoms with Gasteiger partial charge in [0.25, 0.3) is 0 Å². The van der Waals surface area contributed by atoms with Crippen LogP contribution in [0.2, 0.25) is 0 Å². The molecule has 0 fully saturated rings. The summed E-state index contributed by atoms with van der Waals surface area (Å²) in [6.45, 7) is 1.26. The maximum absolute atomic E-state index is 10.5. The number of ether oxygens (including phenoxy) is 1. The molecule has 0 radical (unpaired) electrons. The van der Waals surface area contributed by atoms with Gasteiger partial charge >= 0.3 is 5.97 Å². The molecule has 0 aliphatic rings. The van der Waals surface area contributed by atoms with Crippen LogP contribution < -0.4 is 10.5 Å². The van der Waals surface area contributed by atoms with Gasteiger partial charge in [-0.15, -0.1) is 0 Å². The number of rotatable bonds is 7. The van der Waals surface area contributed by atoms with Crippen LogP contribution in [0.25, 0.3) is 0 Å². The van der Waals surface area contributed by atoms with E-state index in [-0.39, 0.29) is 12.5 Å². The average Bonchev–Trinajstić information content (AvgIpc) is 2.27. The number of carboxylic acids is 1. The van der Waals surface area contributed by atoms with Crippen LogP contribution in [0.5, 0.6) is 5.75 Å². The molecule has 0 aromatic heterocycles. The first-order valence-electron chi connectivity index (χ1n) is 5.80. The molecule has 3 N–H and O–H groups in total. The Morgan fingerprint density at radius 3 is 2.89 bits per heavy atom. The average molecular weight is 252 g/mol. The lowest BCUT2D eigenvalue weighted by Crippen LogP contribution is -2.36. The zero-order valence-corrected chi connectivity index (χ0v) is 10.8.